The lowest BCUT2D eigenvalue weighted by atomic mass is 10.0. The van der Waals surface area contributed by atoms with Gasteiger partial charge in [-0.15, -0.1) is 0 Å². The molecule has 0 heterocycles. The maximum absolute atomic E-state index is 12.9. The minimum atomic E-state index is -0.785. The number of hydrogen-bond acceptors (Lipinski definition) is 6. The summed E-state index contributed by atoms with van der Waals surface area (Å²) in [5.74, 6) is -0.880. The second kappa shape index (κ2) is 68.3. The average Bonchev–Trinajstić information content (AvgIpc) is 3.46. The highest BCUT2D eigenvalue weighted by atomic mass is 16.6. The molecule has 0 fully saturated rings. The van der Waals surface area contributed by atoms with Crippen molar-refractivity contribution in [2.24, 2.45) is 0 Å². The van der Waals surface area contributed by atoms with Crippen LogP contribution in [0.3, 0.4) is 0 Å². The fraction of sp³-hybridized carbons (Fsp3) is 0.797. The maximum atomic E-state index is 12.9. The molecule has 6 nitrogen and oxygen atoms in total. The normalized spacial score (nSPS) is 12.5. The zero-order chi connectivity index (χ0) is 57.8. The highest BCUT2D eigenvalue weighted by Crippen LogP contribution is 2.17. The van der Waals surface area contributed by atoms with E-state index in [0.29, 0.717) is 19.3 Å². The van der Waals surface area contributed by atoms with Crippen LogP contribution in [0.5, 0.6) is 0 Å². The third kappa shape index (κ3) is 65.7. The van der Waals surface area contributed by atoms with Gasteiger partial charge in [0.1, 0.15) is 13.2 Å². The minimum absolute atomic E-state index is 0.0796. The van der Waals surface area contributed by atoms with Crippen LogP contribution in [-0.2, 0) is 28.6 Å². The van der Waals surface area contributed by atoms with Crippen molar-refractivity contribution in [3.05, 3.63) is 72.9 Å². The van der Waals surface area contributed by atoms with Crippen LogP contribution in [0.15, 0.2) is 72.9 Å². The van der Waals surface area contributed by atoms with Gasteiger partial charge in [0, 0.05) is 19.3 Å². The third-order valence-corrected chi connectivity index (χ3v) is 15.4. The van der Waals surface area contributed by atoms with Crippen LogP contribution in [0.1, 0.15) is 361 Å². The van der Waals surface area contributed by atoms with Crippen LogP contribution in [0, 0.1) is 0 Å². The first-order valence-electron chi connectivity index (χ1n) is 34.9. The molecule has 0 saturated carbocycles. The van der Waals surface area contributed by atoms with Crippen molar-refractivity contribution in [3.63, 3.8) is 0 Å². The topological polar surface area (TPSA) is 78.9 Å². The first kappa shape index (κ1) is 76.9. The number of hydrogen-bond donors (Lipinski definition) is 0. The van der Waals surface area contributed by atoms with E-state index in [0.717, 1.165) is 89.9 Å². The Morgan fingerprint density at radius 2 is 0.450 bits per heavy atom. The summed E-state index contributed by atoms with van der Waals surface area (Å²) in [5, 5.41) is 0. The Kier molecular flexibility index (Phi) is 65.7. The average molecular weight is 1120 g/mol. The zero-order valence-corrected chi connectivity index (χ0v) is 53.3. The molecular weight excluding hydrogens is 985 g/mol. The molecule has 0 aromatic rings. The van der Waals surface area contributed by atoms with Crippen LogP contribution in [0.2, 0.25) is 0 Å². The number of ether oxygens (including phenoxy) is 3. The van der Waals surface area contributed by atoms with Gasteiger partial charge in [0.25, 0.3) is 0 Å². The quantitative estimate of drug-likeness (QED) is 0.0261. The molecule has 0 amide bonds. The number of allylic oxidation sites excluding steroid dienone is 12. The summed E-state index contributed by atoms with van der Waals surface area (Å²) in [6.45, 7) is 6.63. The summed E-state index contributed by atoms with van der Waals surface area (Å²) in [4.78, 5) is 38.4. The molecule has 1 atom stereocenters. The van der Waals surface area contributed by atoms with E-state index < -0.39 is 6.10 Å². The highest BCUT2D eigenvalue weighted by Gasteiger charge is 2.19. The summed E-state index contributed by atoms with van der Waals surface area (Å²) in [6, 6.07) is 0. The van der Waals surface area contributed by atoms with Gasteiger partial charge in [-0.05, 0) is 116 Å². The Hall–Kier alpha value is -3.15. The maximum Gasteiger partial charge on any atom is 0.306 e. The van der Waals surface area contributed by atoms with Crippen LogP contribution >= 0.6 is 0 Å². The van der Waals surface area contributed by atoms with Crippen LogP contribution in [0.25, 0.3) is 0 Å². The minimum Gasteiger partial charge on any atom is -0.462 e. The van der Waals surface area contributed by atoms with Crippen molar-refractivity contribution >= 4 is 17.9 Å². The molecule has 0 rings (SSSR count). The number of rotatable bonds is 64. The molecule has 6 heteroatoms. The molecule has 0 aromatic heterocycles. The lowest BCUT2D eigenvalue weighted by molar-refractivity contribution is -0.167. The predicted molar refractivity (Wildman–Crippen MR) is 348 cm³/mol. The highest BCUT2D eigenvalue weighted by molar-refractivity contribution is 5.71. The smallest absolute Gasteiger partial charge is 0.306 e. The fourth-order valence-electron chi connectivity index (χ4n) is 10.1. The molecule has 0 aliphatic rings. The molecule has 0 bridgehead atoms. The number of carbonyl (C=O) groups excluding carboxylic acids is 3. The first-order chi connectivity index (χ1) is 39.5. The second-order valence-electron chi connectivity index (χ2n) is 23.4. The van der Waals surface area contributed by atoms with Gasteiger partial charge in [0.15, 0.2) is 6.10 Å². The largest absolute Gasteiger partial charge is 0.462 e. The first-order valence-corrected chi connectivity index (χ1v) is 34.9. The van der Waals surface area contributed by atoms with Gasteiger partial charge in [-0.1, -0.05) is 299 Å². The van der Waals surface area contributed by atoms with E-state index in [-0.39, 0.29) is 31.1 Å². The van der Waals surface area contributed by atoms with Gasteiger partial charge in [-0.3, -0.25) is 14.4 Å². The lowest BCUT2D eigenvalue weighted by Gasteiger charge is -2.18. The van der Waals surface area contributed by atoms with Crippen molar-refractivity contribution in [3.8, 4) is 0 Å². The third-order valence-electron chi connectivity index (χ3n) is 15.4. The van der Waals surface area contributed by atoms with E-state index in [1.165, 1.54) is 231 Å². The van der Waals surface area contributed by atoms with E-state index in [4.69, 9.17) is 14.2 Å². The molecule has 1 unspecified atom stereocenters. The van der Waals surface area contributed by atoms with E-state index in [2.05, 4.69) is 93.7 Å². The molecule has 0 spiro atoms. The number of carbonyl (C=O) groups is 3. The molecular formula is C74H132O6. The summed E-state index contributed by atoms with van der Waals surface area (Å²) in [7, 11) is 0. The van der Waals surface area contributed by atoms with Crippen LogP contribution in [-0.4, -0.2) is 37.2 Å². The monoisotopic (exact) mass is 1120 g/mol. The van der Waals surface area contributed by atoms with Gasteiger partial charge in [-0.2, -0.15) is 0 Å². The Bertz CT molecular complexity index is 1470. The molecule has 0 N–H and O–H groups in total. The number of unbranched alkanes of at least 4 members (excludes halogenated alkanes) is 41. The summed E-state index contributed by atoms with van der Waals surface area (Å²) in [6.07, 6.45) is 89.2. The Balaban J connectivity index is 4.27. The van der Waals surface area contributed by atoms with Gasteiger partial charge < -0.3 is 14.2 Å². The van der Waals surface area contributed by atoms with Crippen LogP contribution < -0.4 is 0 Å². The second-order valence-corrected chi connectivity index (χ2v) is 23.4. The molecule has 0 aliphatic carbocycles. The summed E-state index contributed by atoms with van der Waals surface area (Å²) >= 11 is 0. The Morgan fingerprint density at radius 1 is 0.250 bits per heavy atom. The van der Waals surface area contributed by atoms with Gasteiger partial charge >= 0.3 is 17.9 Å². The van der Waals surface area contributed by atoms with Gasteiger partial charge in [0.05, 0.1) is 0 Å². The molecule has 464 valence electrons. The Labute approximate surface area is 497 Å². The molecule has 0 radical (unpaired) electrons. The molecule has 0 aromatic carbocycles. The summed E-state index contributed by atoms with van der Waals surface area (Å²) in [5.41, 5.74) is 0. The number of esters is 3. The SMILES string of the molecule is CCCCC/C=C\C/C=C\CCCCCCCC(=O)OCC(COC(=O)CCCCCCCCCCCCCCCC/C=C\C/C=C\C/C=C\CCCCCCC)OC(=O)CCCCCCCCC/C=C\CCCCCCCCC. The van der Waals surface area contributed by atoms with Crippen molar-refractivity contribution in [2.75, 3.05) is 13.2 Å². The van der Waals surface area contributed by atoms with Crippen LogP contribution in [0.4, 0.5) is 0 Å². The van der Waals surface area contributed by atoms with E-state index in [9.17, 15) is 14.4 Å². The summed E-state index contributed by atoms with van der Waals surface area (Å²) < 4.78 is 17.0. The van der Waals surface area contributed by atoms with Gasteiger partial charge in [-0.25, -0.2) is 0 Å². The molecule has 0 aliphatic heterocycles. The Morgan fingerprint density at radius 3 is 0.738 bits per heavy atom. The zero-order valence-electron chi connectivity index (χ0n) is 53.3. The van der Waals surface area contributed by atoms with Crippen molar-refractivity contribution < 1.29 is 28.6 Å². The van der Waals surface area contributed by atoms with Gasteiger partial charge in [0.2, 0.25) is 0 Å². The fourth-order valence-corrected chi connectivity index (χ4v) is 10.1. The predicted octanol–water partition coefficient (Wildman–Crippen LogP) is 24.1. The van der Waals surface area contributed by atoms with E-state index in [1.54, 1.807) is 0 Å². The van der Waals surface area contributed by atoms with E-state index in [1.807, 2.05) is 0 Å². The van der Waals surface area contributed by atoms with Crippen molar-refractivity contribution in [2.45, 2.75) is 367 Å². The van der Waals surface area contributed by atoms with Crippen molar-refractivity contribution in [1.29, 1.82) is 0 Å². The van der Waals surface area contributed by atoms with Crippen molar-refractivity contribution in [1.82, 2.24) is 0 Å². The molecule has 80 heavy (non-hydrogen) atoms. The standard InChI is InChI=1S/C74H132O6/c1-4-7-10-13-16-19-22-25-28-30-32-33-34-35-36-37-38-39-40-41-42-44-46-49-52-55-58-61-64-67-73(76)79-70-71(69-78-72(75)66-63-60-57-54-51-48-45-27-24-21-18-15-12-9-6-3)80-74(77)68-65-62-59-56-53-50-47-43-31-29-26-23-20-17-14-11-8-5-2/h18,21-22,25,27,29-32,34-35,45,71H,4-17,19-20,23-24,26,28,33,36-44,46-70H2,1-3H3/b21-18-,25-22-,31-29-,32-30-,35-34-,45-27-. The lowest BCUT2D eigenvalue weighted by Crippen LogP contribution is -2.30. The molecule has 0 saturated heterocycles. The van der Waals surface area contributed by atoms with E-state index >= 15 is 0 Å².